The first kappa shape index (κ1) is 16.5. The zero-order valence-corrected chi connectivity index (χ0v) is 13.9. The zero-order valence-electron chi connectivity index (χ0n) is 13.1. The zero-order chi connectivity index (χ0) is 17.0. The maximum atomic E-state index is 9.15. The van der Waals surface area contributed by atoms with Gasteiger partial charge in [0.1, 0.15) is 23.5 Å². The summed E-state index contributed by atoms with van der Waals surface area (Å²) in [6.45, 7) is 3.66. The molecule has 1 aliphatic rings. The van der Waals surface area contributed by atoms with Crippen molar-refractivity contribution in [1.82, 2.24) is 10.6 Å². The molecule has 0 fully saturated rings. The highest BCUT2D eigenvalue weighted by Crippen LogP contribution is 2.33. The van der Waals surface area contributed by atoms with Gasteiger partial charge in [0, 0.05) is 11.3 Å². The monoisotopic (exact) mass is 324 g/mol. The van der Waals surface area contributed by atoms with Crippen molar-refractivity contribution in [2.24, 2.45) is 0 Å². The summed E-state index contributed by atoms with van der Waals surface area (Å²) in [5, 5.41) is 25.1. The average molecular weight is 324 g/mol. The minimum absolute atomic E-state index is 0.0919. The lowest BCUT2D eigenvalue weighted by atomic mass is 9.88. The van der Waals surface area contributed by atoms with Gasteiger partial charge >= 0.3 is 0 Å². The molecule has 1 atom stereocenters. The predicted molar refractivity (Wildman–Crippen MR) is 91.2 cm³/mol. The van der Waals surface area contributed by atoms with E-state index in [-0.39, 0.29) is 11.6 Å². The molecule has 0 aliphatic carbocycles. The van der Waals surface area contributed by atoms with Gasteiger partial charge in [-0.25, -0.2) is 0 Å². The van der Waals surface area contributed by atoms with E-state index in [0.717, 1.165) is 22.6 Å². The molecule has 6 heteroatoms. The largest absolute Gasteiger partial charge is 0.497 e. The standard InChI is InChI=1S/C17H16N4OS/c1-10(13(8-18)9-19)15-11(2)20-17(23)21-16(15)12-4-6-14(22-3)7-5-12/h4-7,16H,1-3H3,(H2,20,21,23). The maximum Gasteiger partial charge on any atom is 0.171 e. The van der Waals surface area contributed by atoms with Crippen LogP contribution in [-0.4, -0.2) is 12.2 Å². The van der Waals surface area contributed by atoms with E-state index in [1.165, 1.54) is 0 Å². The van der Waals surface area contributed by atoms with E-state index in [2.05, 4.69) is 10.6 Å². The molecule has 1 aliphatic heterocycles. The van der Waals surface area contributed by atoms with Crippen LogP contribution in [0.1, 0.15) is 25.5 Å². The summed E-state index contributed by atoms with van der Waals surface area (Å²) in [7, 11) is 1.61. The SMILES string of the molecule is COc1ccc(C2NC(=S)NC(C)=C2C(C)=C(C#N)C#N)cc1. The molecule has 0 saturated heterocycles. The minimum Gasteiger partial charge on any atom is -0.497 e. The Balaban J connectivity index is 2.57. The summed E-state index contributed by atoms with van der Waals surface area (Å²) in [5.41, 5.74) is 3.38. The fourth-order valence-corrected chi connectivity index (χ4v) is 2.84. The highest BCUT2D eigenvalue weighted by Gasteiger charge is 2.27. The molecule has 0 bridgehead atoms. The summed E-state index contributed by atoms with van der Waals surface area (Å²) >= 11 is 5.24. The summed E-state index contributed by atoms with van der Waals surface area (Å²) in [4.78, 5) is 0. The first-order valence-corrected chi connectivity index (χ1v) is 7.36. The topological polar surface area (TPSA) is 80.9 Å². The van der Waals surface area contributed by atoms with Crippen molar-refractivity contribution in [1.29, 1.82) is 10.5 Å². The Labute approximate surface area is 140 Å². The molecule has 23 heavy (non-hydrogen) atoms. The van der Waals surface area contributed by atoms with Gasteiger partial charge in [-0.15, -0.1) is 0 Å². The fraction of sp³-hybridized carbons (Fsp3) is 0.235. The quantitative estimate of drug-likeness (QED) is 0.657. The highest BCUT2D eigenvalue weighted by atomic mass is 32.1. The Morgan fingerprint density at radius 1 is 1.22 bits per heavy atom. The Morgan fingerprint density at radius 3 is 2.35 bits per heavy atom. The van der Waals surface area contributed by atoms with Gasteiger partial charge in [0.25, 0.3) is 0 Å². The van der Waals surface area contributed by atoms with Crippen molar-refractivity contribution in [3.05, 3.63) is 52.2 Å². The minimum atomic E-state index is -0.230. The molecule has 0 spiro atoms. The van der Waals surface area contributed by atoms with Crippen molar-refractivity contribution in [3.63, 3.8) is 0 Å². The molecule has 2 rings (SSSR count). The van der Waals surface area contributed by atoms with Gasteiger partial charge in [0.05, 0.1) is 13.2 Å². The van der Waals surface area contributed by atoms with E-state index in [0.29, 0.717) is 10.7 Å². The van der Waals surface area contributed by atoms with Crippen molar-refractivity contribution in [3.8, 4) is 17.9 Å². The molecule has 0 amide bonds. The first-order valence-electron chi connectivity index (χ1n) is 6.95. The van der Waals surface area contributed by atoms with Crippen LogP contribution in [0.25, 0.3) is 0 Å². The maximum absolute atomic E-state index is 9.15. The van der Waals surface area contributed by atoms with Crippen LogP contribution < -0.4 is 15.4 Å². The van der Waals surface area contributed by atoms with E-state index in [9.17, 15) is 0 Å². The number of methoxy groups -OCH3 is 1. The van der Waals surface area contributed by atoms with Gasteiger partial charge in [-0.3, -0.25) is 0 Å². The fourth-order valence-electron chi connectivity index (χ4n) is 2.56. The van der Waals surface area contributed by atoms with Crippen LogP contribution in [0.3, 0.4) is 0 Å². The first-order chi connectivity index (χ1) is 11.0. The molecular formula is C17H16N4OS. The molecule has 0 saturated carbocycles. The second-order valence-corrected chi connectivity index (χ2v) is 5.48. The average Bonchev–Trinajstić information content (AvgIpc) is 2.55. The van der Waals surface area contributed by atoms with E-state index >= 15 is 0 Å². The van der Waals surface area contributed by atoms with Crippen molar-refractivity contribution in [2.75, 3.05) is 7.11 Å². The molecule has 5 nitrogen and oxygen atoms in total. The van der Waals surface area contributed by atoms with Crippen molar-refractivity contribution in [2.45, 2.75) is 19.9 Å². The third-order valence-corrected chi connectivity index (χ3v) is 3.94. The van der Waals surface area contributed by atoms with E-state index < -0.39 is 0 Å². The third-order valence-electron chi connectivity index (χ3n) is 3.72. The molecule has 0 aromatic heterocycles. The highest BCUT2D eigenvalue weighted by molar-refractivity contribution is 7.80. The van der Waals surface area contributed by atoms with Crippen LogP contribution in [0.4, 0.5) is 0 Å². The van der Waals surface area contributed by atoms with Gasteiger partial charge in [-0.1, -0.05) is 12.1 Å². The van der Waals surface area contributed by atoms with E-state index in [1.807, 2.05) is 43.3 Å². The number of nitriles is 2. The lowest BCUT2D eigenvalue weighted by Gasteiger charge is -2.31. The van der Waals surface area contributed by atoms with Gasteiger partial charge in [-0.2, -0.15) is 10.5 Å². The number of hydrogen-bond acceptors (Lipinski definition) is 4. The van der Waals surface area contributed by atoms with Crippen molar-refractivity contribution < 1.29 is 4.74 Å². The van der Waals surface area contributed by atoms with Gasteiger partial charge in [0.2, 0.25) is 0 Å². The van der Waals surface area contributed by atoms with Crippen LogP contribution in [0, 0.1) is 22.7 Å². The van der Waals surface area contributed by atoms with E-state index in [4.69, 9.17) is 27.5 Å². The smallest absolute Gasteiger partial charge is 0.171 e. The molecule has 1 unspecified atom stereocenters. The molecule has 0 radical (unpaired) electrons. The normalized spacial score (nSPS) is 16.6. The van der Waals surface area contributed by atoms with E-state index in [1.54, 1.807) is 14.0 Å². The number of rotatable bonds is 3. The number of nitrogens with zero attached hydrogens (tertiary/aromatic N) is 2. The number of ether oxygens (including phenoxy) is 1. The summed E-state index contributed by atoms with van der Waals surface area (Å²) in [6.07, 6.45) is 0. The van der Waals surface area contributed by atoms with Gasteiger partial charge < -0.3 is 15.4 Å². The lowest BCUT2D eigenvalue weighted by Crippen LogP contribution is -2.43. The summed E-state index contributed by atoms with van der Waals surface area (Å²) < 4.78 is 5.18. The Kier molecular flexibility index (Phi) is 5.00. The lowest BCUT2D eigenvalue weighted by molar-refractivity contribution is 0.414. The molecular weight excluding hydrogens is 308 g/mol. The Hall–Kier alpha value is -2.83. The summed E-state index contributed by atoms with van der Waals surface area (Å²) in [5.74, 6) is 0.759. The molecule has 1 aromatic carbocycles. The van der Waals surface area contributed by atoms with Crippen LogP contribution in [0.2, 0.25) is 0 Å². The molecule has 2 N–H and O–H groups in total. The Morgan fingerprint density at radius 2 is 1.83 bits per heavy atom. The number of thiocarbonyl (C=S) groups is 1. The third kappa shape index (κ3) is 3.33. The Bertz CT molecular complexity index is 762. The van der Waals surface area contributed by atoms with Crippen LogP contribution in [-0.2, 0) is 0 Å². The van der Waals surface area contributed by atoms with Gasteiger partial charge in [0.15, 0.2) is 5.11 Å². The number of benzene rings is 1. The van der Waals surface area contributed by atoms with Crippen LogP contribution >= 0.6 is 12.2 Å². The van der Waals surface area contributed by atoms with Crippen LogP contribution in [0.15, 0.2) is 46.7 Å². The molecule has 1 heterocycles. The second kappa shape index (κ2) is 6.95. The molecule has 116 valence electrons. The van der Waals surface area contributed by atoms with Gasteiger partial charge in [-0.05, 0) is 49.3 Å². The number of nitrogens with one attached hydrogen (secondary N) is 2. The van der Waals surface area contributed by atoms with Crippen LogP contribution in [0.5, 0.6) is 5.75 Å². The number of allylic oxidation sites excluding steroid dienone is 2. The second-order valence-electron chi connectivity index (χ2n) is 5.07. The molecule has 1 aromatic rings. The predicted octanol–water partition coefficient (Wildman–Crippen LogP) is 2.85. The number of hydrogen-bond donors (Lipinski definition) is 2. The van der Waals surface area contributed by atoms with Crippen molar-refractivity contribution >= 4 is 17.3 Å². The summed E-state index contributed by atoms with van der Waals surface area (Å²) in [6, 6.07) is 11.3.